The maximum absolute atomic E-state index is 12.3. The Bertz CT molecular complexity index is 418. The van der Waals surface area contributed by atoms with Crippen molar-refractivity contribution in [1.29, 1.82) is 0 Å². The van der Waals surface area contributed by atoms with E-state index in [0.29, 0.717) is 24.6 Å². The molecule has 1 aromatic heterocycles. The van der Waals surface area contributed by atoms with Crippen molar-refractivity contribution in [3.05, 3.63) is 23.9 Å². The number of aromatic nitrogens is 1. The molecule has 6 nitrogen and oxygen atoms in total. The third-order valence-electron chi connectivity index (χ3n) is 3.21. The Labute approximate surface area is 106 Å². The molecular formula is C12H18N4O2. The van der Waals surface area contributed by atoms with Crippen molar-refractivity contribution >= 4 is 11.7 Å². The van der Waals surface area contributed by atoms with E-state index in [2.05, 4.69) is 10.4 Å². The number of amides is 1. The van der Waals surface area contributed by atoms with Crippen LogP contribution in [0.4, 0.5) is 5.82 Å². The number of rotatable bonds is 3. The number of anilines is 1. The van der Waals surface area contributed by atoms with E-state index in [1.165, 1.54) is 0 Å². The van der Waals surface area contributed by atoms with Gasteiger partial charge >= 0.3 is 0 Å². The van der Waals surface area contributed by atoms with E-state index in [0.717, 1.165) is 12.8 Å². The molecule has 0 saturated carbocycles. The van der Waals surface area contributed by atoms with E-state index in [1.807, 2.05) is 7.05 Å². The summed E-state index contributed by atoms with van der Waals surface area (Å²) in [6.07, 6.45) is 3.34. The number of hydrogen-bond donors (Lipinski definition) is 2. The van der Waals surface area contributed by atoms with Crippen molar-refractivity contribution in [1.82, 2.24) is 9.88 Å². The molecule has 0 aromatic carbocycles. The van der Waals surface area contributed by atoms with Gasteiger partial charge in [0.05, 0.1) is 0 Å². The lowest BCUT2D eigenvalue weighted by Gasteiger charge is -2.31. The predicted molar refractivity (Wildman–Crippen MR) is 68.0 cm³/mol. The lowest BCUT2D eigenvalue weighted by atomic mass is 10.1. The number of hydrazine groups is 1. The minimum absolute atomic E-state index is 0.0131. The number of nitrogens with one attached hydrogen (secondary N) is 1. The fourth-order valence-corrected chi connectivity index (χ4v) is 2.08. The van der Waals surface area contributed by atoms with Crippen LogP contribution in [0.15, 0.2) is 18.3 Å². The van der Waals surface area contributed by atoms with Crippen LogP contribution in [-0.2, 0) is 4.74 Å². The number of nitrogens with two attached hydrogens (primary N) is 1. The zero-order valence-electron chi connectivity index (χ0n) is 10.4. The molecule has 0 spiro atoms. The number of nitrogens with zero attached hydrogens (tertiary/aromatic N) is 2. The Morgan fingerprint density at radius 2 is 2.28 bits per heavy atom. The van der Waals surface area contributed by atoms with Gasteiger partial charge < -0.3 is 15.1 Å². The fourth-order valence-electron chi connectivity index (χ4n) is 2.08. The van der Waals surface area contributed by atoms with Gasteiger partial charge in [-0.05, 0) is 25.0 Å². The molecule has 98 valence electrons. The van der Waals surface area contributed by atoms with Gasteiger partial charge in [0.15, 0.2) is 0 Å². The number of nitrogen functional groups attached to an aromatic ring is 1. The second-order valence-electron chi connectivity index (χ2n) is 4.33. The molecule has 0 atom stereocenters. The predicted octanol–water partition coefficient (Wildman–Crippen LogP) is 0.618. The highest BCUT2D eigenvalue weighted by Crippen LogP contribution is 2.16. The summed E-state index contributed by atoms with van der Waals surface area (Å²) in [5, 5.41) is 0. The van der Waals surface area contributed by atoms with E-state index in [1.54, 1.807) is 23.2 Å². The summed E-state index contributed by atoms with van der Waals surface area (Å²) in [7, 11) is 1.83. The zero-order chi connectivity index (χ0) is 13.0. The molecule has 0 bridgehead atoms. The molecule has 1 amide bonds. The molecule has 1 fully saturated rings. The molecular weight excluding hydrogens is 232 g/mol. The average Bonchev–Trinajstić information content (AvgIpc) is 2.46. The largest absolute Gasteiger partial charge is 0.381 e. The quantitative estimate of drug-likeness (QED) is 0.607. The minimum atomic E-state index is -0.0131. The van der Waals surface area contributed by atoms with Crippen LogP contribution in [0.5, 0.6) is 0 Å². The topological polar surface area (TPSA) is 80.5 Å². The molecule has 0 aliphatic carbocycles. The monoisotopic (exact) mass is 250 g/mol. The molecule has 0 unspecified atom stereocenters. The summed E-state index contributed by atoms with van der Waals surface area (Å²) in [4.78, 5) is 18.1. The standard InChI is InChI=1S/C12H18N4O2/c1-16(10-3-6-18-7-4-10)12(17)9-2-5-14-11(8-9)15-13/h2,5,8,10H,3-4,6-7,13H2,1H3,(H,14,15). The van der Waals surface area contributed by atoms with Gasteiger partial charge in [0, 0.05) is 38.1 Å². The molecule has 2 rings (SSSR count). The highest BCUT2D eigenvalue weighted by molar-refractivity contribution is 5.94. The highest BCUT2D eigenvalue weighted by atomic mass is 16.5. The van der Waals surface area contributed by atoms with Gasteiger partial charge in [-0.25, -0.2) is 10.8 Å². The van der Waals surface area contributed by atoms with Crippen LogP contribution in [0, 0.1) is 0 Å². The zero-order valence-corrected chi connectivity index (χ0v) is 10.4. The Hall–Kier alpha value is -1.66. The van der Waals surface area contributed by atoms with Gasteiger partial charge in [0.2, 0.25) is 0 Å². The Morgan fingerprint density at radius 1 is 1.56 bits per heavy atom. The number of pyridine rings is 1. The molecule has 1 aliphatic rings. The first-order valence-corrected chi connectivity index (χ1v) is 6.00. The van der Waals surface area contributed by atoms with Crippen LogP contribution < -0.4 is 11.3 Å². The average molecular weight is 250 g/mol. The Morgan fingerprint density at radius 3 is 2.94 bits per heavy atom. The van der Waals surface area contributed by atoms with E-state index in [4.69, 9.17) is 10.6 Å². The van der Waals surface area contributed by atoms with Crippen LogP contribution in [-0.4, -0.2) is 42.1 Å². The summed E-state index contributed by atoms with van der Waals surface area (Å²) in [5.41, 5.74) is 3.03. The maximum atomic E-state index is 12.3. The van der Waals surface area contributed by atoms with Crippen molar-refractivity contribution in [3.63, 3.8) is 0 Å². The first kappa shape index (κ1) is 12.8. The number of carbonyl (C=O) groups excluding carboxylic acids is 1. The van der Waals surface area contributed by atoms with E-state index < -0.39 is 0 Å². The van der Waals surface area contributed by atoms with Crippen LogP contribution in [0.25, 0.3) is 0 Å². The van der Waals surface area contributed by atoms with Crippen LogP contribution in [0.3, 0.4) is 0 Å². The van der Waals surface area contributed by atoms with E-state index >= 15 is 0 Å². The first-order valence-electron chi connectivity index (χ1n) is 6.00. The second kappa shape index (κ2) is 5.79. The van der Waals surface area contributed by atoms with Crippen LogP contribution >= 0.6 is 0 Å². The molecule has 0 radical (unpaired) electrons. The molecule has 1 saturated heterocycles. The minimum Gasteiger partial charge on any atom is -0.381 e. The normalized spacial score (nSPS) is 16.3. The molecule has 18 heavy (non-hydrogen) atoms. The summed E-state index contributed by atoms with van der Waals surface area (Å²) < 4.78 is 5.30. The molecule has 1 aliphatic heterocycles. The third-order valence-corrected chi connectivity index (χ3v) is 3.21. The Kier molecular flexibility index (Phi) is 4.11. The second-order valence-corrected chi connectivity index (χ2v) is 4.33. The van der Waals surface area contributed by atoms with Gasteiger partial charge in [0.25, 0.3) is 5.91 Å². The summed E-state index contributed by atoms with van der Waals surface area (Å²) in [6.45, 7) is 1.43. The lowest BCUT2D eigenvalue weighted by Crippen LogP contribution is -2.40. The smallest absolute Gasteiger partial charge is 0.254 e. The number of carbonyl (C=O) groups is 1. The van der Waals surface area contributed by atoms with Crippen molar-refractivity contribution in [2.45, 2.75) is 18.9 Å². The van der Waals surface area contributed by atoms with Gasteiger partial charge in [-0.2, -0.15) is 0 Å². The summed E-state index contributed by atoms with van der Waals surface area (Å²) in [6, 6.07) is 3.59. The molecule has 6 heteroatoms. The number of ether oxygens (including phenoxy) is 1. The van der Waals surface area contributed by atoms with Gasteiger partial charge in [-0.1, -0.05) is 0 Å². The lowest BCUT2D eigenvalue weighted by molar-refractivity contribution is 0.0362. The van der Waals surface area contributed by atoms with Gasteiger partial charge in [0.1, 0.15) is 5.82 Å². The fraction of sp³-hybridized carbons (Fsp3) is 0.500. The maximum Gasteiger partial charge on any atom is 0.254 e. The SMILES string of the molecule is CN(C(=O)c1ccnc(NN)c1)C1CCOCC1. The Balaban J connectivity index is 2.09. The van der Waals surface area contributed by atoms with Crippen molar-refractivity contribution in [2.24, 2.45) is 5.84 Å². The highest BCUT2D eigenvalue weighted by Gasteiger charge is 2.23. The van der Waals surface area contributed by atoms with Gasteiger partial charge in [-0.3, -0.25) is 4.79 Å². The summed E-state index contributed by atoms with van der Waals surface area (Å²) >= 11 is 0. The van der Waals surface area contributed by atoms with Crippen molar-refractivity contribution < 1.29 is 9.53 Å². The van der Waals surface area contributed by atoms with E-state index in [-0.39, 0.29) is 11.9 Å². The van der Waals surface area contributed by atoms with Crippen molar-refractivity contribution in [2.75, 3.05) is 25.7 Å². The molecule has 1 aromatic rings. The van der Waals surface area contributed by atoms with Crippen molar-refractivity contribution in [3.8, 4) is 0 Å². The number of hydrogen-bond acceptors (Lipinski definition) is 5. The van der Waals surface area contributed by atoms with Gasteiger partial charge in [-0.15, -0.1) is 0 Å². The van der Waals surface area contributed by atoms with Crippen LogP contribution in [0.2, 0.25) is 0 Å². The molecule has 3 N–H and O–H groups in total. The molecule has 2 heterocycles. The summed E-state index contributed by atoms with van der Waals surface area (Å²) in [5.74, 6) is 5.76. The first-order chi connectivity index (χ1) is 8.72. The third kappa shape index (κ3) is 2.77. The van der Waals surface area contributed by atoms with Crippen LogP contribution in [0.1, 0.15) is 23.2 Å². The van der Waals surface area contributed by atoms with E-state index in [9.17, 15) is 4.79 Å².